The van der Waals surface area contributed by atoms with Crippen molar-refractivity contribution in [2.45, 2.75) is 52.0 Å². The van der Waals surface area contributed by atoms with Crippen molar-refractivity contribution < 1.29 is 9.59 Å². The average molecular weight is 369 g/mol. The quantitative estimate of drug-likeness (QED) is 0.714. The molecule has 0 unspecified atom stereocenters. The van der Waals surface area contributed by atoms with E-state index in [1.54, 1.807) is 6.08 Å². The third kappa shape index (κ3) is 4.60. The molecule has 1 saturated carbocycles. The molecule has 2 fully saturated rings. The molecule has 0 N–H and O–H groups in total. The van der Waals surface area contributed by atoms with Crippen LogP contribution in [-0.2, 0) is 16.1 Å². The van der Waals surface area contributed by atoms with E-state index in [-0.39, 0.29) is 23.7 Å². The maximum absolute atomic E-state index is 13.4. The second-order valence-electron chi connectivity index (χ2n) is 7.96. The van der Waals surface area contributed by atoms with Gasteiger partial charge in [0.2, 0.25) is 11.8 Å². The maximum atomic E-state index is 13.4. The van der Waals surface area contributed by atoms with Crippen LogP contribution in [0.1, 0.15) is 49.7 Å². The van der Waals surface area contributed by atoms with Crippen LogP contribution in [0.3, 0.4) is 0 Å². The number of rotatable bonds is 6. The summed E-state index contributed by atoms with van der Waals surface area (Å²) >= 11 is 0. The lowest BCUT2D eigenvalue weighted by atomic mass is 9.77. The minimum Gasteiger partial charge on any atom is -0.342 e. The van der Waals surface area contributed by atoms with Gasteiger partial charge in [-0.15, -0.1) is 6.58 Å². The van der Waals surface area contributed by atoms with Crippen LogP contribution in [0, 0.1) is 18.8 Å². The fraction of sp³-hybridized carbons (Fsp3) is 0.565. The lowest BCUT2D eigenvalue weighted by molar-refractivity contribution is -0.147. The maximum Gasteiger partial charge on any atom is 0.227 e. The first-order valence-corrected chi connectivity index (χ1v) is 10.3. The summed E-state index contributed by atoms with van der Waals surface area (Å²) in [6.07, 6.45) is 7.72. The van der Waals surface area contributed by atoms with E-state index < -0.39 is 0 Å². The van der Waals surface area contributed by atoms with Crippen LogP contribution in [-0.4, -0.2) is 41.2 Å². The number of hydrogen-bond donors (Lipinski definition) is 0. The van der Waals surface area contributed by atoms with Crippen molar-refractivity contribution in [1.82, 2.24) is 9.80 Å². The summed E-state index contributed by atoms with van der Waals surface area (Å²) in [6, 6.07) is 8.18. The van der Waals surface area contributed by atoms with Crippen molar-refractivity contribution in [2.24, 2.45) is 11.8 Å². The van der Waals surface area contributed by atoms with E-state index in [1.165, 1.54) is 5.56 Å². The summed E-state index contributed by atoms with van der Waals surface area (Å²) in [6.45, 7) is 8.73. The molecule has 2 aliphatic rings. The van der Waals surface area contributed by atoms with Gasteiger partial charge in [0.1, 0.15) is 0 Å². The second-order valence-corrected chi connectivity index (χ2v) is 7.96. The SMILES string of the molecule is C=CCN(Cc1ccccc1C)C(=O)[C@H]1CCCC[C@H]1C(=O)N1CCCC1. The van der Waals surface area contributed by atoms with Crippen molar-refractivity contribution in [3.8, 4) is 0 Å². The van der Waals surface area contributed by atoms with Gasteiger partial charge < -0.3 is 9.80 Å². The first kappa shape index (κ1) is 19.7. The average Bonchev–Trinajstić information content (AvgIpc) is 3.23. The molecular weight excluding hydrogens is 336 g/mol. The molecule has 2 atom stereocenters. The number of amides is 2. The zero-order chi connectivity index (χ0) is 19.2. The van der Waals surface area contributed by atoms with E-state index >= 15 is 0 Å². The van der Waals surface area contributed by atoms with Crippen molar-refractivity contribution in [2.75, 3.05) is 19.6 Å². The number of likely N-dealkylation sites (tertiary alicyclic amines) is 1. The lowest BCUT2D eigenvalue weighted by Crippen LogP contribution is -2.46. The molecule has 2 amide bonds. The molecule has 0 aromatic heterocycles. The third-order valence-electron chi connectivity index (χ3n) is 6.10. The number of benzene rings is 1. The molecule has 146 valence electrons. The fourth-order valence-corrected chi connectivity index (χ4v) is 4.51. The van der Waals surface area contributed by atoms with E-state index in [0.29, 0.717) is 13.1 Å². The van der Waals surface area contributed by atoms with Crippen LogP contribution in [0.25, 0.3) is 0 Å². The van der Waals surface area contributed by atoms with E-state index in [9.17, 15) is 9.59 Å². The van der Waals surface area contributed by atoms with Crippen molar-refractivity contribution >= 4 is 11.8 Å². The Balaban J connectivity index is 1.77. The molecule has 1 aromatic carbocycles. The summed E-state index contributed by atoms with van der Waals surface area (Å²) in [5.74, 6) is -0.000233. The van der Waals surface area contributed by atoms with Gasteiger partial charge in [-0.25, -0.2) is 0 Å². The number of aryl methyl sites for hydroxylation is 1. The smallest absolute Gasteiger partial charge is 0.227 e. The van der Waals surface area contributed by atoms with Crippen LogP contribution in [0.2, 0.25) is 0 Å². The molecule has 3 rings (SSSR count). The monoisotopic (exact) mass is 368 g/mol. The number of nitrogens with zero attached hydrogens (tertiary/aromatic N) is 2. The van der Waals surface area contributed by atoms with Gasteiger partial charge in [-0.05, 0) is 43.7 Å². The Bertz CT molecular complexity index is 679. The van der Waals surface area contributed by atoms with Crippen LogP contribution in [0.5, 0.6) is 0 Å². The first-order chi connectivity index (χ1) is 13.1. The molecule has 0 spiro atoms. The van der Waals surface area contributed by atoms with Crippen LogP contribution in [0.4, 0.5) is 0 Å². The largest absolute Gasteiger partial charge is 0.342 e. The highest BCUT2D eigenvalue weighted by Gasteiger charge is 2.39. The van der Waals surface area contributed by atoms with Gasteiger partial charge in [-0.3, -0.25) is 9.59 Å². The van der Waals surface area contributed by atoms with E-state index in [1.807, 2.05) is 21.9 Å². The van der Waals surface area contributed by atoms with Gasteiger partial charge in [-0.1, -0.05) is 43.2 Å². The Morgan fingerprint density at radius 3 is 2.44 bits per heavy atom. The molecule has 0 radical (unpaired) electrons. The molecule has 4 heteroatoms. The van der Waals surface area contributed by atoms with Crippen LogP contribution < -0.4 is 0 Å². The van der Waals surface area contributed by atoms with E-state index in [0.717, 1.165) is 57.2 Å². The van der Waals surface area contributed by atoms with Crippen LogP contribution >= 0.6 is 0 Å². The molecule has 27 heavy (non-hydrogen) atoms. The standard InChI is InChI=1S/C23H32N2O2/c1-3-14-25(17-19-11-5-4-10-18(19)2)23(27)21-13-7-6-12-20(21)22(26)24-15-8-9-16-24/h3-5,10-11,20-21H,1,6-9,12-17H2,2H3/t20-,21+/m1/s1. The number of hydrogen-bond acceptors (Lipinski definition) is 2. The Labute approximate surface area is 163 Å². The van der Waals surface area contributed by atoms with Crippen molar-refractivity contribution in [3.63, 3.8) is 0 Å². The minimum absolute atomic E-state index is 0.121. The Morgan fingerprint density at radius 1 is 1.11 bits per heavy atom. The van der Waals surface area contributed by atoms with Gasteiger partial charge in [0.25, 0.3) is 0 Å². The topological polar surface area (TPSA) is 40.6 Å². The zero-order valence-electron chi connectivity index (χ0n) is 16.5. The highest BCUT2D eigenvalue weighted by molar-refractivity contribution is 5.88. The lowest BCUT2D eigenvalue weighted by Gasteiger charge is -2.35. The molecule has 0 bridgehead atoms. The van der Waals surface area contributed by atoms with Crippen molar-refractivity contribution in [3.05, 3.63) is 48.0 Å². The number of carbonyl (C=O) groups is 2. The molecule has 4 nitrogen and oxygen atoms in total. The van der Waals surface area contributed by atoms with Gasteiger partial charge in [0.15, 0.2) is 0 Å². The van der Waals surface area contributed by atoms with Crippen molar-refractivity contribution in [1.29, 1.82) is 0 Å². The predicted octanol–water partition coefficient (Wildman–Crippen LogP) is 3.94. The highest BCUT2D eigenvalue weighted by atomic mass is 16.2. The predicted molar refractivity (Wildman–Crippen MR) is 108 cm³/mol. The summed E-state index contributed by atoms with van der Waals surface area (Å²) in [5.41, 5.74) is 2.35. The highest BCUT2D eigenvalue weighted by Crippen LogP contribution is 2.34. The summed E-state index contributed by atoms with van der Waals surface area (Å²) < 4.78 is 0. The zero-order valence-corrected chi connectivity index (χ0v) is 16.5. The van der Waals surface area contributed by atoms with Gasteiger partial charge in [-0.2, -0.15) is 0 Å². The minimum atomic E-state index is -0.184. The molecular formula is C23H32N2O2. The Kier molecular flexibility index (Phi) is 6.70. The Hall–Kier alpha value is -2.10. The van der Waals surface area contributed by atoms with E-state index in [2.05, 4.69) is 25.6 Å². The first-order valence-electron chi connectivity index (χ1n) is 10.3. The van der Waals surface area contributed by atoms with Gasteiger partial charge in [0, 0.05) is 38.0 Å². The number of carbonyl (C=O) groups excluding carboxylic acids is 2. The molecule has 1 aliphatic carbocycles. The summed E-state index contributed by atoms with van der Waals surface area (Å²) in [7, 11) is 0. The summed E-state index contributed by atoms with van der Waals surface area (Å²) in [5, 5.41) is 0. The Morgan fingerprint density at radius 2 is 1.78 bits per heavy atom. The fourth-order valence-electron chi connectivity index (χ4n) is 4.51. The van der Waals surface area contributed by atoms with Gasteiger partial charge in [0.05, 0.1) is 0 Å². The van der Waals surface area contributed by atoms with Gasteiger partial charge >= 0.3 is 0 Å². The second kappa shape index (κ2) is 9.20. The molecule has 1 saturated heterocycles. The molecule has 1 heterocycles. The normalized spacial score (nSPS) is 22.5. The third-order valence-corrected chi connectivity index (χ3v) is 6.10. The van der Waals surface area contributed by atoms with E-state index in [4.69, 9.17) is 0 Å². The van der Waals surface area contributed by atoms with Crippen LogP contribution in [0.15, 0.2) is 36.9 Å². The molecule has 1 aromatic rings. The molecule has 1 aliphatic heterocycles. The summed E-state index contributed by atoms with van der Waals surface area (Å²) in [4.78, 5) is 30.4.